The van der Waals surface area contributed by atoms with Gasteiger partial charge in [-0.15, -0.1) is 13.2 Å². The highest BCUT2D eigenvalue weighted by Gasteiger charge is 2.31. The van der Waals surface area contributed by atoms with Gasteiger partial charge in [0.25, 0.3) is 0 Å². The summed E-state index contributed by atoms with van der Waals surface area (Å²) in [7, 11) is 0. The number of nitrogens with two attached hydrogens (primary N) is 1. The zero-order valence-electron chi connectivity index (χ0n) is 15.5. The van der Waals surface area contributed by atoms with Crippen LogP contribution < -0.4 is 21.1 Å². The van der Waals surface area contributed by atoms with E-state index in [4.69, 9.17) is 5.73 Å². The van der Waals surface area contributed by atoms with Crippen molar-refractivity contribution in [3.05, 3.63) is 48.2 Å². The molecule has 5 nitrogen and oxygen atoms in total. The number of aromatic nitrogens is 1. The number of anilines is 3. The quantitative estimate of drug-likeness (QED) is 0.637. The monoisotopic (exact) mass is 392 g/mol. The van der Waals surface area contributed by atoms with Gasteiger partial charge in [-0.3, -0.25) is 0 Å². The van der Waals surface area contributed by atoms with Crippen molar-refractivity contribution in [3.63, 3.8) is 0 Å². The Hall–Kier alpha value is -2.74. The van der Waals surface area contributed by atoms with E-state index in [-0.39, 0.29) is 5.75 Å². The number of hydrogen-bond acceptors (Lipinski definition) is 5. The lowest BCUT2D eigenvalue weighted by atomic mass is 9.86. The number of halogens is 3. The summed E-state index contributed by atoms with van der Waals surface area (Å²) in [5.74, 6) is 0.669. The van der Waals surface area contributed by atoms with Crippen molar-refractivity contribution in [1.29, 1.82) is 0 Å². The highest BCUT2D eigenvalue weighted by atomic mass is 19.4. The average Bonchev–Trinajstić information content (AvgIpc) is 2.58. The van der Waals surface area contributed by atoms with Crippen molar-refractivity contribution in [2.75, 3.05) is 24.1 Å². The van der Waals surface area contributed by atoms with E-state index in [0.29, 0.717) is 23.1 Å². The molecule has 0 amide bonds. The minimum absolute atomic E-state index is 0.275. The van der Waals surface area contributed by atoms with Gasteiger partial charge in [-0.1, -0.05) is 19.4 Å². The first-order valence-corrected chi connectivity index (χ1v) is 9.16. The van der Waals surface area contributed by atoms with E-state index in [2.05, 4.69) is 33.4 Å². The molecule has 4 N–H and O–H groups in total. The molecule has 0 atom stereocenters. The van der Waals surface area contributed by atoms with E-state index < -0.39 is 6.36 Å². The molecule has 0 unspecified atom stereocenters. The highest BCUT2D eigenvalue weighted by molar-refractivity contribution is 5.85. The van der Waals surface area contributed by atoms with Crippen LogP contribution in [0, 0.1) is 5.92 Å². The van der Waals surface area contributed by atoms with Crippen LogP contribution in [0.1, 0.15) is 25.3 Å². The molecule has 8 heteroatoms. The Morgan fingerprint density at radius 3 is 2.57 bits per heavy atom. The van der Waals surface area contributed by atoms with E-state index in [1.807, 2.05) is 0 Å². The predicted octanol–water partition coefficient (Wildman–Crippen LogP) is 4.71. The maximum absolute atomic E-state index is 12.3. The molecular formula is C20H23F3N4O. The molecule has 1 aliphatic heterocycles. The predicted molar refractivity (Wildman–Crippen MR) is 104 cm³/mol. The molecule has 0 spiro atoms. The van der Waals surface area contributed by atoms with Gasteiger partial charge in [0, 0.05) is 42.1 Å². The van der Waals surface area contributed by atoms with E-state index in [0.717, 1.165) is 37.1 Å². The second-order valence-corrected chi connectivity index (χ2v) is 6.62. The topological polar surface area (TPSA) is 72.2 Å². The van der Waals surface area contributed by atoms with Gasteiger partial charge in [-0.2, -0.15) is 0 Å². The molecule has 1 fully saturated rings. The average molecular weight is 392 g/mol. The molecule has 2 aromatic rings. The van der Waals surface area contributed by atoms with Crippen molar-refractivity contribution in [1.82, 2.24) is 10.3 Å². The molecule has 28 heavy (non-hydrogen) atoms. The molecule has 0 saturated carbocycles. The molecule has 0 bridgehead atoms. The van der Waals surface area contributed by atoms with E-state index >= 15 is 0 Å². The number of alkyl halides is 3. The lowest BCUT2D eigenvalue weighted by Gasteiger charge is -2.31. The maximum atomic E-state index is 12.3. The number of allylic oxidation sites excluding steroid dienone is 1. The van der Waals surface area contributed by atoms with Gasteiger partial charge in [0.2, 0.25) is 0 Å². The molecule has 3 rings (SSSR count). The van der Waals surface area contributed by atoms with Crippen LogP contribution in [-0.4, -0.2) is 24.4 Å². The minimum atomic E-state index is -4.71. The fraction of sp³-hybridized carbons (Fsp3) is 0.350. The highest BCUT2D eigenvalue weighted by Crippen LogP contribution is 2.36. The van der Waals surface area contributed by atoms with Gasteiger partial charge >= 0.3 is 6.36 Å². The Labute approximate surface area is 161 Å². The number of hydrogen-bond donors (Lipinski definition) is 3. The summed E-state index contributed by atoms with van der Waals surface area (Å²) in [6.07, 6.45) is 1.05. The summed E-state index contributed by atoms with van der Waals surface area (Å²) in [6, 6.07) is 7.29. The molecule has 2 heterocycles. The van der Waals surface area contributed by atoms with Crippen LogP contribution in [0.5, 0.6) is 5.75 Å². The van der Waals surface area contributed by atoms with Crippen LogP contribution in [0.15, 0.2) is 42.6 Å². The van der Waals surface area contributed by atoms with Crippen molar-refractivity contribution < 1.29 is 17.9 Å². The number of nitrogens with one attached hydrogen (secondary N) is 2. The first-order chi connectivity index (χ1) is 13.4. The zero-order chi connectivity index (χ0) is 20.1. The van der Waals surface area contributed by atoms with Gasteiger partial charge in [-0.05, 0) is 42.3 Å². The number of benzene rings is 1. The van der Waals surface area contributed by atoms with Gasteiger partial charge in [-0.25, -0.2) is 4.98 Å². The second kappa shape index (κ2) is 8.52. The lowest BCUT2D eigenvalue weighted by Crippen LogP contribution is -2.42. The molecule has 0 radical (unpaired) electrons. The summed E-state index contributed by atoms with van der Waals surface area (Å²) in [4.78, 5) is 4.42. The third-order valence-electron chi connectivity index (χ3n) is 4.50. The molecule has 1 aromatic carbocycles. The number of unbranched alkanes of at least 4 members (excludes halogenated alkanes) is 1. The fourth-order valence-electron chi connectivity index (χ4n) is 3.03. The summed E-state index contributed by atoms with van der Waals surface area (Å²) in [5, 5.41) is 6.45. The van der Waals surface area contributed by atoms with E-state index in [1.54, 1.807) is 12.3 Å². The first-order valence-electron chi connectivity index (χ1n) is 9.16. The van der Waals surface area contributed by atoms with Gasteiger partial charge in [0.05, 0.1) is 0 Å². The number of ether oxygens (including phenoxy) is 1. The molecule has 1 aromatic heterocycles. The fourth-order valence-corrected chi connectivity index (χ4v) is 3.03. The van der Waals surface area contributed by atoms with Gasteiger partial charge < -0.3 is 21.1 Å². The Balaban J connectivity index is 1.87. The number of pyridine rings is 1. The molecule has 1 aliphatic rings. The zero-order valence-corrected chi connectivity index (χ0v) is 15.5. The van der Waals surface area contributed by atoms with E-state index in [1.165, 1.54) is 24.3 Å². The van der Waals surface area contributed by atoms with E-state index in [9.17, 15) is 13.2 Å². The van der Waals surface area contributed by atoms with Crippen molar-refractivity contribution in [3.8, 4) is 5.75 Å². The Bertz CT molecular complexity index is 830. The van der Waals surface area contributed by atoms with Crippen molar-refractivity contribution in [2.24, 2.45) is 5.92 Å². The Kier molecular flexibility index (Phi) is 6.08. The Morgan fingerprint density at radius 1 is 1.29 bits per heavy atom. The van der Waals surface area contributed by atoms with Crippen LogP contribution >= 0.6 is 0 Å². The lowest BCUT2D eigenvalue weighted by molar-refractivity contribution is -0.274. The molecular weight excluding hydrogens is 369 g/mol. The van der Waals surface area contributed by atoms with Crippen LogP contribution in [-0.2, 0) is 0 Å². The SMILES string of the molecule is CCC/C=C(\c1c(N)ccnc1Nc1ccc(OC(F)(F)F)cc1)C1CNC1. The first kappa shape index (κ1) is 20.0. The summed E-state index contributed by atoms with van der Waals surface area (Å²) < 4.78 is 40.9. The summed E-state index contributed by atoms with van der Waals surface area (Å²) in [6.45, 7) is 3.88. The standard InChI is InChI=1S/C20H23F3N4O/c1-2-3-4-16(13-11-25-12-13)18-17(24)9-10-26-19(18)27-14-5-7-15(8-6-14)28-20(21,22)23/h4-10,13,25H,2-3,11-12H2,1H3,(H3,24,26,27)/b16-4-. The molecule has 150 valence electrons. The smallest absolute Gasteiger partial charge is 0.406 e. The minimum Gasteiger partial charge on any atom is -0.406 e. The second-order valence-electron chi connectivity index (χ2n) is 6.62. The van der Waals surface area contributed by atoms with Crippen LogP contribution in [0.25, 0.3) is 5.57 Å². The van der Waals surface area contributed by atoms with Crippen LogP contribution in [0.4, 0.5) is 30.4 Å². The summed E-state index contributed by atoms with van der Waals surface area (Å²) in [5.41, 5.74) is 9.47. The summed E-state index contributed by atoms with van der Waals surface area (Å²) >= 11 is 0. The third-order valence-corrected chi connectivity index (χ3v) is 4.50. The normalized spacial score (nSPS) is 15.2. The molecule has 0 aliphatic carbocycles. The van der Waals surface area contributed by atoms with Crippen LogP contribution in [0.3, 0.4) is 0 Å². The Morgan fingerprint density at radius 2 is 2.00 bits per heavy atom. The molecule has 1 saturated heterocycles. The van der Waals surface area contributed by atoms with Gasteiger partial charge in [0.1, 0.15) is 11.6 Å². The number of rotatable bonds is 7. The largest absolute Gasteiger partial charge is 0.573 e. The number of nitrogens with zero attached hydrogens (tertiary/aromatic N) is 1. The maximum Gasteiger partial charge on any atom is 0.573 e. The number of nitrogen functional groups attached to an aromatic ring is 1. The van der Waals surface area contributed by atoms with Gasteiger partial charge in [0.15, 0.2) is 0 Å². The van der Waals surface area contributed by atoms with Crippen LogP contribution in [0.2, 0.25) is 0 Å². The van der Waals surface area contributed by atoms with Crippen molar-refractivity contribution >= 4 is 22.8 Å². The third kappa shape index (κ3) is 4.95. The van der Waals surface area contributed by atoms with Crippen molar-refractivity contribution in [2.45, 2.75) is 26.1 Å².